The maximum absolute atomic E-state index is 13.0. The van der Waals surface area contributed by atoms with Crippen LogP contribution >= 0.6 is 0 Å². The van der Waals surface area contributed by atoms with Crippen LogP contribution in [0.25, 0.3) is 0 Å². The first-order valence-corrected chi connectivity index (χ1v) is 34.9. The Balaban J connectivity index is 4.37. The van der Waals surface area contributed by atoms with Crippen molar-refractivity contribution in [1.29, 1.82) is 0 Å². The van der Waals surface area contributed by atoms with E-state index >= 15 is 0 Å². The van der Waals surface area contributed by atoms with Crippen LogP contribution in [0.4, 0.5) is 0 Å². The zero-order valence-corrected chi connectivity index (χ0v) is 54.0. The maximum atomic E-state index is 13.0. The van der Waals surface area contributed by atoms with Gasteiger partial charge in [0.25, 0.3) is 0 Å². The predicted molar refractivity (Wildman–Crippen MR) is 357 cm³/mol. The average Bonchev–Trinajstić information content (AvgIpc) is 3.47. The van der Waals surface area contributed by atoms with Gasteiger partial charge in [-0.25, -0.2) is 0 Å². The number of hydrogen-bond donors (Lipinski definition) is 0. The first-order chi connectivity index (χ1) is 40.5. The highest BCUT2D eigenvalue weighted by atomic mass is 16.6. The van der Waals surface area contributed by atoms with Gasteiger partial charge < -0.3 is 14.2 Å². The molecule has 0 amide bonds. The number of unbranched alkanes of at least 4 members (excludes halogenated alkanes) is 34. The van der Waals surface area contributed by atoms with Gasteiger partial charge in [0.1, 0.15) is 13.2 Å². The first-order valence-electron chi connectivity index (χ1n) is 34.9. The Kier molecular flexibility index (Phi) is 66.2. The van der Waals surface area contributed by atoms with Gasteiger partial charge in [-0.1, -0.05) is 323 Å². The van der Waals surface area contributed by atoms with Gasteiger partial charge in [0.05, 0.1) is 0 Å². The number of allylic oxidation sites excluding steroid dienone is 18. The minimum absolute atomic E-state index is 0.0803. The standard InChI is InChI=1S/C76H130O6/c1-4-7-10-13-16-19-22-25-28-31-33-35-37-38-40-41-43-45-48-51-54-57-60-63-66-69-75(78)81-72-73(71-80-74(77)68-65-62-59-56-53-50-47-30-27-24-21-18-15-12-9-6-3)82-76(79)70-67-64-61-58-55-52-49-46-44-42-39-36-34-32-29-26-23-20-17-14-11-8-5-2/h7-8,10-11,16-17,19-20,25-26,28-29,33-36,42,44,73H,4-6,9,12-15,18,21-24,27,30-32,37-41,43,45-72H2,1-3H3/b10-7-,11-8-,19-16-,20-17-,28-25-,29-26-,35-33-,36-34-,44-42-. The highest BCUT2D eigenvalue weighted by Crippen LogP contribution is 2.17. The van der Waals surface area contributed by atoms with Crippen molar-refractivity contribution in [3.8, 4) is 0 Å². The van der Waals surface area contributed by atoms with Gasteiger partial charge in [0.2, 0.25) is 0 Å². The number of ether oxygens (including phenoxy) is 3. The Hall–Kier alpha value is -3.93. The van der Waals surface area contributed by atoms with Crippen molar-refractivity contribution in [3.05, 3.63) is 109 Å². The lowest BCUT2D eigenvalue weighted by Crippen LogP contribution is -2.30. The summed E-state index contributed by atoms with van der Waals surface area (Å²) in [5.74, 6) is -0.878. The van der Waals surface area contributed by atoms with Gasteiger partial charge in [0, 0.05) is 19.3 Å². The fraction of sp³-hybridized carbons (Fsp3) is 0.724. The SMILES string of the molecule is CC/C=C\C/C=C\C/C=C\C/C=C\C/C=C\CCCCCCCCCC(=O)OC(COC(=O)CCCCCCCCCCCCCC/C=C\C/C=C\C/C=C\C/C=C\CC)COC(=O)CCCCCCCCCCCCCCCCCC. The monoisotopic (exact) mass is 1140 g/mol. The maximum Gasteiger partial charge on any atom is 0.306 e. The molecule has 0 heterocycles. The van der Waals surface area contributed by atoms with Crippen molar-refractivity contribution in [2.24, 2.45) is 0 Å². The van der Waals surface area contributed by atoms with Crippen LogP contribution in [0.2, 0.25) is 0 Å². The molecule has 0 bridgehead atoms. The molecule has 0 saturated heterocycles. The van der Waals surface area contributed by atoms with Crippen LogP contribution in [-0.2, 0) is 28.6 Å². The van der Waals surface area contributed by atoms with E-state index in [2.05, 4.69) is 130 Å². The van der Waals surface area contributed by atoms with Gasteiger partial charge in [-0.15, -0.1) is 0 Å². The molecule has 0 aromatic heterocycles. The molecule has 1 atom stereocenters. The van der Waals surface area contributed by atoms with Gasteiger partial charge in [-0.2, -0.15) is 0 Å². The van der Waals surface area contributed by atoms with Crippen LogP contribution in [0.1, 0.15) is 335 Å². The van der Waals surface area contributed by atoms with Crippen molar-refractivity contribution >= 4 is 17.9 Å². The Bertz CT molecular complexity index is 1640. The van der Waals surface area contributed by atoms with E-state index in [0.29, 0.717) is 19.3 Å². The minimum Gasteiger partial charge on any atom is -0.462 e. The zero-order valence-electron chi connectivity index (χ0n) is 54.0. The Morgan fingerprint density at radius 3 is 0.744 bits per heavy atom. The smallest absolute Gasteiger partial charge is 0.306 e. The lowest BCUT2D eigenvalue weighted by molar-refractivity contribution is -0.167. The zero-order chi connectivity index (χ0) is 59.2. The number of hydrogen-bond acceptors (Lipinski definition) is 6. The molecule has 6 nitrogen and oxygen atoms in total. The summed E-state index contributed by atoms with van der Waals surface area (Å²) < 4.78 is 17.0. The van der Waals surface area contributed by atoms with Crippen LogP contribution < -0.4 is 0 Å². The van der Waals surface area contributed by atoms with Crippen molar-refractivity contribution in [1.82, 2.24) is 0 Å². The molecule has 0 rings (SSSR count). The molecule has 1 unspecified atom stereocenters. The molecule has 0 aromatic rings. The summed E-state index contributed by atoms with van der Waals surface area (Å²) in [6, 6.07) is 0. The highest BCUT2D eigenvalue weighted by Gasteiger charge is 2.19. The van der Waals surface area contributed by atoms with Crippen LogP contribution in [0.5, 0.6) is 0 Å². The van der Waals surface area contributed by atoms with Crippen molar-refractivity contribution in [3.63, 3.8) is 0 Å². The van der Waals surface area contributed by atoms with Crippen LogP contribution in [-0.4, -0.2) is 37.2 Å². The van der Waals surface area contributed by atoms with Gasteiger partial charge >= 0.3 is 17.9 Å². The Morgan fingerprint density at radius 2 is 0.476 bits per heavy atom. The number of carbonyl (C=O) groups excluding carboxylic acids is 3. The molecule has 0 aliphatic rings. The molecular weight excluding hydrogens is 1010 g/mol. The summed E-state index contributed by atoms with van der Waals surface area (Å²) in [5, 5.41) is 0. The summed E-state index contributed by atoms with van der Waals surface area (Å²) in [4.78, 5) is 38.5. The van der Waals surface area contributed by atoms with E-state index in [1.807, 2.05) is 0 Å². The quantitative estimate of drug-likeness (QED) is 0.0261. The topological polar surface area (TPSA) is 78.9 Å². The van der Waals surface area contributed by atoms with E-state index in [0.717, 1.165) is 122 Å². The molecule has 0 saturated carbocycles. The second-order valence-electron chi connectivity index (χ2n) is 23.0. The molecule has 0 aliphatic heterocycles. The third-order valence-corrected chi connectivity index (χ3v) is 15.0. The average molecular weight is 1140 g/mol. The third kappa shape index (κ3) is 66.9. The molecule has 6 heteroatoms. The van der Waals surface area contributed by atoms with E-state index in [4.69, 9.17) is 14.2 Å². The molecule has 0 N–H and O–H groups in total. The molecular formula is C76H130O6. The molecule has 0 spiro atoms. The Morgan fingerprint density at radius 1 is 0.256 bits per heavy atom. The summed E-state index contributed by atoms with van der Waals surface area (Å²) in [6.45, 7) is 6.45. The van der Waals surface area contributed by atoms with E-state index in [1.54, 1.807) is 0 Å². The van der Waals surface area contributed by atoms with Crippen molar-refractivity contribution < 1.29 is 28.6 Å². The van der Waals surface area contributed by atoms with E-state index in [1.165, 1.54) is 173 Å². The largest absolute Gasteiger partial charge is 0.462 e. The second kappa shape index (κ2) is 69.6. The second-order valence-corrected chi connectivity index (χ2v) is 23.0. The van der Waals surface area contributed by atoms with E-state index < -0.39 is 6.10 Å². The number of rotatable bonds is 63. The third-order valence-electron chi connectivity index (χ3n) is 15.0. The van der Waals surface area contributed by atoms with Gasteiger partial charge in [-0.3, -0.25) is 14.4 Å². The van der Waals surface area contributed by atoms with Crippen LogP contribution in [0.15, 0.2) is 109 Å². The van der Waals surface area contributed by atoms with E-state index in [-0.39, 0.29) is 31.1 Å². The normalized spacial score (nSPS) is 12.8. The number of carbonyl (C=O) groups is 3. The molecule has 0 radical (unpaired) electrons. The van der Waals surface area contributed by atoms with Crippen LogP contribution in [0.3, 0.4) is 0 Å². The molecule has 0 aliphatic carbocycles. The molecule has 82 heavy (non-hydrogen) atoms. The first kappa shape index (κ1) is 78.1. The van der Waals surface area contributed by atoms with Crippen molar-refractivity contribution in [2.45, 2.75) is 341 Å². The number of esters is 3. The fourth-order valence-corrected chi connectivity index (χ4v) is 9.88. The summed E-state index contributed by atoms with van der Waals surface area (Å²) >= 11 is 0. The fourth-order valence-electron chi connectivity index (χ4n) is 9.88. The summed E-state index contributed by atoms with van der Waals surface area (Å²) in [5.41, 5.74) is 0. The van der Waals surface area contributed by atoms with E-state index in [9.17, 15) is 14.4 Å². The highest BCUT2D eigenvalue weighted by molar-refractivity contribution is 5.71. The van der Waals surface area contributed by atoms with Crippen molar-refractivity contribution in [2.75, 3.05) is 13.2 Å². The predicted octanol–water partition coefficient (Wildman–Crippen LogP) is 24.2. The lowest BCUT2D eigenvalue weighted by atomic mass is 10.0. The summed E-state index contributed by atoms with van der Waals surface area (Å²) in [6.07, 6.45) is 95.3. The van der Waals surface area contributed by atoms with Crippen LogP contribution in [0, 0.1) is 0 Å². The molecule has 0 aromatic carbocycles. The molecule has 470 valence electrons. The Labute approximate surface area is 508 Å². The lowest BCUT2D eigenvalue weighted by Gasteiger charge is -2.18. The summed E-state index contributed by atoms with van der Waals surface area (Å²) in [7, 11) is 0. The minimum atomic E-state index is -0.787. The van der Waals surface area contributed by atoms with Gasteiger partial charge in [0.15, 0.2) is 6.10 Å². The molecule has 0 fully saturated rings. The van der Waals surface area contributed by atoms with Gasteiger partial charge in [-0.05, 0) is 103 Å².